The largest absolute Gasteiger partial charge is 0.444 e. The molecule has 4 heteroatoms. The average molecular weight is 241 g/mol. The van der Waals surface area contributed by atoms with Crippen LogP contribution in [0.4, 0.5) is 4.79 Å². The lowest BCUT2D eigenvalue weighted by molar-refractivity contribution is -0.117. The quantitative estimate of drug-likeness (QED) is 0.753. The van der Waals surface area contributed by atoms with Crippen LogP contribution in [0.3, 0.4) is 0 Å². The minimum Gasteiger partial charge on any atom is -0.444 e. The number of nitrogens with one attached hydrogen (secondary N) is 1. The molecule has 0 fully saturated rings. The molecule has 98 valence electrons. The first-order valence-electron chi connectivity index (χ1n) is 5.87. The summed E-state index contributed by atoms with van der Waals surface area (Å²) < 4.78 is 5.12. The third-order valence-corrected chi connectivity index (χ3v) is 2.39. The number of carbonyl (C=O) groups is 2. The molecule has 2 atom stereocenters. The fraction of sp³-hybridized carbons (Fsp3) is 0.692. The van der Waals surface area contributed by atoms with E-state index in [0.717, 1.165) is 6.42 Å². The van der Waals surface area contributed by atoms with Crippen LogP contribution in [0.15, 0.2) is 12.7 Å². The van der Waals surface area contributed by atoms with Crippen molar-refractivity contribution in [2.75, 3.05) is 0 Å². The van der Waals surface area contributed by atoms with Crippen LogP contribution >= 0.6 is 0 Å². The Hall–Kier alpha value is -1.32. The second kappa shape index (κ2) is 6.42. The van der Waals surface area contributed by atoms with Gasteiger partial charge in [-0.1, -0.05) is 26.8 Å². The summed E-state index contributed by atoms with van der Waals surface area (Å²) in [7, 11) is 0. The Kier molecular flexibility index (Phi) is 5.93. The van der Waals surface area contributed by atoms with Crippen molar-refractivity contribution in [1.82, 2.24) is 5.32 Å². The molecule has 0 aromatic carbocycles. The fourth-order valence-corrected chi connectivity index (χ4v) is 1.29. The SMILES string of the molecule is C=CC(=O)[C@@H](NC(=O)OC(C)(C)C)[C@@H](C)CC. The maximum atomic E-state index is 11.6. The molecular formula is C13H23NO3. The van der Waals surface area contributed by atoms with Crippen LogP contribution in [-0.4, -0.2) is 23.5 Å². The monoisotopic (exact) mass is 241 g/mol. The third kappa shape index (κ3) is 6.09. The van der Waals surface area contributed by atoms with Gasteiger partial charge in [-0.2, -0.15) is 0 Å². The molecule has 1 amide bonds. The Morgan fingerprint density at radius 1 is 1.41 bits per heavy atom. The smallest absolute Gasteiger partial charge is 0.408 e. The van der Waals surface area contributed by atoms with Crippen LogP contribution < -0.4 is 5.32 Å². The molecule has 0 aliphatic heterocycles. The summed E-state index contributed by atoms with van der Waals surface area (Å²) in [6, 6.07) is -0.563. The van der Waals surface area contributed by atoms with E-state index in [-0.39, 0.29) is 11.7 Å². The number of hydrogen-bond donors (Lipinski definition) is 1. The predicted molar refractivity (Wildman–Crippen MR) is 67.8 cm³/mol. The van der Waals surface area contributed by atoms with Crippen LogP contribution in [-0.2, 0) is 9.53 Å². The summed E-state index contributed by atoms with van der Waals surface area (Å²) in [5, 5.41) is 2.59. The van der Waals surface area contributed by atoms with Crippen molar-refractivity contribution in [3.05, 3.63) is 12.7 Å². The molecule has 0 aromatic rings. The number of alkyl carbamates (subject to hydrolysis) is 1. The van der Waals surface area contributed by atoms with E-state index in [9.17, 15) is 9.59 Å². The van der Waals surface area contributed by atoms with Gasteiger partial charge in [0.2, 0.25) is 0 Å². The van der Waals surface area contributed by atoms with Crippen LogP contribution in [0, 0.1) is 5.92 Å². The molecule has 4 nitrogen and oxygen atoms in total. The highest BCUT2D eigenvalue weighted by Crippen LogP contribution is 2.12. The van der Waals surface area contributed by atoms with Gasteiger partial charge in [-0.15, -0.1) is 0 Å². The summed E-state index contributed by atoms with van der Waals surface area (Å²) in [5.74, 6) is -0.141. The molecule has 1 N–H and O–H groups in total. The van der Waals surface area contributed by atoms with Gasteiger partial charge in [-0.05, 0) is 32.8 Å². The molecule has 0 aliphatic rings. The van der Waals surface area contributed by atoms with E-state index in [0.29, 0.717) is 0 Å². The molecule has 0 aromatic heterocycles. The Morgan fingerprint density at radius 3 is 2.29 bits per heavy atom. The summed E-state index contributed by atoms with van der Waals surface area (Å²) in [6.07, 6.45) is 1.45. The van der Waals surface area contributed by atoms with E-state index in [4.69, 9.17) is 4.74 Å². The van der Waals surface area contributed by atoms with Gasteiger partial charge in [0.15, 0.2) is 5.78 Å². The first-order chi connectivity index (χ1) is 7.71. The van der Waals surface area contributed by atoms with Gasteiger partial charge in [0, 0.05) is 0 Å². The molecule has 0 unspecified atom stereocenters. The van der Waals surface area contributed by atoms with Gasteiger partial charge in [-0.25, -0.2) is 4.79 Å². The highest BCUT2D eigenvalue weighted by molar-refractivity contribution is 5.95. The van der Waals surface area contributed by atoms with Crippen molar-refractivity contribution in [2.45, 2.75) is 52.7 Å². The van der Waals surface area contributed by atoms with E-state index in [1.165, 1.54) is 6.08 Å². The topological polar surface area (TPSA) is 55.4 Å². The highest BCUT2D eigenvalue weighted by atomic mass is 16.6. The molecule has 17 heavy (non-hydrogen) atoms. The maximum absolute atomic E-state index is 11.6. The number of amides is 1. The van der Waals surface area contributed by atoms with Crippen molar-refractivity contribution < 1.29 is 14.3 Å². The van der Waals surface area contributed by atoms with Crippen molar-refractivity contribution >= 4 is 11.9 Å². The van der Waals surface area contributed by atoms with Crippen LogP contribution in [0.1, 0.15) is 41.0 Å². The van der Waals surface area contributed by atoms with Gasteiger partial charge in [0.1, 0.15) is 5.60 Å². The lowest BCUT2D eigenvalue weighted by Gasteiger charge is -2.25. The fourth-order valence-electron chi connectivity index (χ4n) is 1.29. The molecular weight excluding hydrogens is 218 g/mol. The Morgan fingerprint density at radius 2 is 1.94 bits per heavy atom. The molecule has 0 aliphatic carbocycles. The van der Waals surface area contributed by atoms with Gasteiger partial charge in [-0.3, -0.25) is 4.79 Å². The lowest BCUT2D eigenvalue weighted by Crippen LogP contribution is -2.46. The van der Waals surface area contributed by atoms with E-state index in [1.54, 1.807) is 20.8 Å². The third-order valence-electron chi connectivity index (χ3n) is 2.39. The minimum atomic E-state index is -0.571. The Balaban J connectivity index is 4.60. The normalized spacial score (nSPS) is 14.6. The number of carbonyl (C=O) groups excluding carboxylic acids is 2. The molecule has 0 bridgehead atoms. The molecule has 0 radical (unpaired) electrons. The molecule has 0 saturated carbocycles. The number of hydrogen-bond acceptors (Lipinski definition) is 3. The van der Waals surface area contributed by atoms with Gasteiger partial charge in [0.25, 0.3) is 0 Å². The minimum absolute atomic E-state index is 0.0491. The van der Waals surface area contributed by atoms with E-state index in [1.807, 2.05) is 13.8 Å². The Bertz CT molecular complexity index is 292. The maximum Gasteiger partial charge on any atom is 0.408 e. The van der Waals surface area contributed by atoms with E-state index in [2.05, 4.69) is 11.9 Å². The lowest BCUT2D eigenvalue weighted by atomic mass is 9.95. The summed E-state index contributed by atoms with van der Waals surface area (Å²) in [4.78, 5) is 23.2. The molecule has 0 saturated heterocycles. The van der Waals surface area contributed by atoms with Crippen LogP contribution in [0.5, 0.6) is 0 Å². The first-order valence-corrected chi connectivity index (χ1v) is 5.87. The molecule has 0 rings (SSSR count). The average Bonchev–Trinajstić information content (AvgIpc) is 2.21. The second-order valence-corrected chi connectivity index (χ2v) is 5.12. The highest BCUT2D eigenvalue weighted by Gasteiger charge is 2.26. The summed E-state index contributed by atoms with van der Waals surface area (Å²) in [5.41, 5.74) is -0.568. The molecule has 0 heterocycles. The van der Waals surface area contributed by atoms with Crippen molar-refractivity contribution in [2.24, 2.45) is 5.92 Å². The summed E-state index contributed by atoms with van der Waals surface area (Å²) in [6.45, 7) is 12.6. The van der Waals surface area contributed by atoms with Gasteiger partial charge in [0.05, 0.1) is 6.04 Å². The van der Waals surface area contributed by atoms with E-state index < -0.39 is 17.7 Å². The number of ether oxygens (including phenoxy) is 1. The zero-order valence-electron chi connectivity index (χ0n) is 11.4. The van der Waals surface area contributed by atoms with Crippen molar-refractivity contribution in [3.8, 4) is 0 Å². The molecule has 0 spiro atoms. The van der Waals surface area contributed by atoms with Crippen molar-refractivity contribution in [3.63, 3.8) is 0 Å². The first kappa shape index (κ1) is 15.7. The van der Waals surface area contributed by atoms with Crippen molar-refractivity contribution in [1.29, 1.82) is 0 Å². The van der Waals surface area contributed by atoms with Crippen LogP contribution in [0.2, 0.25) is 0 Å². The van der Waals surface area contributed by atoms with E-state index >= 15 is 0 Å². The standard InChI is InChI=1S/C13H23NO3/c1-7-9(3)11(10(15)8-2)14-12(16)17-13(4,5)6/h8-9,11H,2,7H2,1,3-6H3,(H,14,16)/t9-,11-/m0/s1. The number of rotatable bonds is 5. The zero-order valence-corrected chi connectivity index (χ0v) is 11.4. The second-order valence-electron chi connectivity index (χ2n) is 5.12. The van der Waals surface area contributed by atoms with Gasteiger partial charge >= 0.3 is 6.09 Å². The number of ketones is 1. The zero-order chi connectivity index (χ0) is 13.6. The Labute approximate surface area is 103 Å². The predicted octanol–water partition coefficient (Wildman–Crippen LogP) is 2.68. The van der Waals surface area contributed by atoms with Gasteiger partial charge < -0.3 is 10.1 Å². The summed E-state index contributed by atoms with van der Waals surface area (Å²) >= 11 is 0. The van der Waals surface area contributed by atoms with Crippen LogP contribution in [0.25, 0.3) is 0 Å².